The predicted octanol–water partition coefficient (Wildman–Crippen LogP) is 4.68. The number of rotatable bonds is 6. The summed E-state index contributed by atoms with van der Waals surface area (Å²) in [5.41, 5.74) is 1.15. The van der Waals surface area contributed by atoms with Crippen molar-refractivity contribution in [2.45, 2.75) is 31.0 Å². The molecule has 176 valence electrons. The van der Waals surface area contributed by atoms with Crippen LogP contribution in [0.15, 0.2) is 72.9 Å². The lowest BCUT2D eigenvalue weighted by Gasteiger charge is -2.38. The SMILES string of the molecule is COc1cccc(Nc2ncccc2C(=O)N2CCC3(CC2)C[C@H](Oc2ccccc2)CO3)c1. The number of carbonyl (C=O) groups is 1. The number of hydrogen-bond acceptors (Lipinski definition) is 6. The molecule has 0 saturated carbocycles. The first-order valence-electron chi connectivity index (χ1n) is 11.7. The van der Waals surface area contributed by atoms with Crippen molar-refractivity contribution in [3.8, 4) is 11.5 Å². The fourth-order valence-electron chi connectivity index (χ4n) is 4.72. The van der Waals surface area contributed by atoms with E-state index in [1.807, 2.05) is 65.6 Å². The number of nitrogens with zero attached hydrogens (tertiary/aromatic N) is 2. The largest absolute Gasteiger partial charge is 0.497 e. The van der Waals surface area contributed by atoms with Crippen LogP contribution in [0.4, 0.5) is 11.5 Å². The number of benzene rings is 2. The number of nitrogens with one attached hydrogen (secondary N) is 1. The summed E-state index contributed by atoms with van der Waals surface area (Å²) in [5.74, 6) is 2.12. The van der Waals surface area contributed by atoms with Gasteiger partial charge in [0.25, 0.3) is 5.91 Å². The molecule has 0 unspecified atom stereocenters. The first-order chi connectivity index (χ1) is 16.6. The molecule has 1 spiro atoms. The maximum Gasteiger partial charge on any atom is 0.257 e. The first kappa shape index (κ1) is 22.2. The number of pyridine rings is 1. The number of aromatic nitrogens is 1. The normalized spacial score (nSPS) is 19.1. The van der Waals surface area contributed by atoms with Crippen LogP contribution in [-0.2, 0) is 4.74 Å². The van der Waals surface area contributed by atoms with Crippen LogP contribution in [0.2, 0.25) is 0 Å². The third kappa shape index (κ3) is 4.84. The topological polar surface area (TPSA) is 72.9 Å². The molecule has 34 heavy (non-hydrogen) atoms. The minimum absolute atomic E-state index is 0.0246. The lowest BCUT2D eigenvalue weighted by atomic mass is 9.87. The predicted molar refractivity (Wildman–Crippen MR) is 130 cm³/mol. The number of likely N-dealkylation sites (tertiary alicyclic amines) is 1. The molecule has 7 heteroatoms. The van der Waals surface area contributed by atoms with Crippen molar-refractivity contribution in [1.29, 1.82) is 0 Å². The molecule has 2 aliphatic rings. The maximum absolute atomic E-state index is 13.4. The number of methoxy groups -OCH3 is 1. The van der Waals surface area contributed by atoms with Gasteiger partial charge in [-0.3, -0.25) is 4.79 Å². The van der Waals surface area contributed by atoms with Gasteiger partial charge < -0.3 is 24.4 Å². The van der Waals surface area contributed by atoms with Crippen molar-refractivity contribution in [1.82, 2.24) is 9.88 Å². The van der Waals surface area contributed by atoms with Gasteiger partial charge in [-0.15, -0.1) is 0 Å². The highest BCUT2D eigenvalue weighted by atomic mass is 16.6. The van der Waals surface area contributed by atoms with E-state index in [4.69, 9.17) is 14.2 Å². The van der Waals surface area contributed by atoms with E-state index in [-0.39, 0.29) is 17.6 Å². The van der Waals surface area contributed by atoms with E-state index in [0.29, 0.717) is 31.1 Å². The number of hydrogen-bond donors (Lipinski definition) is 1. The second-order valence-electron chi connectivity index (χ2n) is 8.80. The molecular formula is C27H29N3O4. The summed E-state index contributed by atoms with van der Waals surface area (Å²) in [6, 6.07) is 21.0. The van der Waals surface area contributed by atoms with Crippen LogP contribution in [0.25, 0.3) is 0 Å². The van der Waals surface area contributed by atoms with Crippen LogP contribution in [0.5, 0.6) is 11.5 Å². The average molecular weight is 460 g/mol. The summed E-state index contributed by atoms with van der Waals surface area (Å²) in [6.07, 6.45) is 4.17. The zero-order valence-electron chi connectivity index (χ0n) is 19.3. The van der Waals surface area contributed by atoms with Gasteiger partial charge in [0.2, 0.25) is 0 Å². The molecule has 3 aromatic rings. The number of para-hydroxylation sites is 1. The zero-order chi connectivity index (χ0) is 23.4. The molecule has 0 radical (unpaired) electrons. The van der Waals surface area contributed by atoms with Gasteiger partial charge in [-0.1, -0.05) is 24.3 Å². The second kappa shape index (κ2) is 9.73. The Kier molecular flexibility index (Phi) is 6.36. The van der Waals surface area contributed by atoms with E-state index >= 15 is 0 Å². The monoisotopic (exact) mass is 459 g/mol. The highest BCUT2D eigenvalue weighted by molar-refractivity contribution is 5.99. The van der Waals surface area contributed by atoms with Crippen molar-refractivity contribution in [3.63, 3.8) is 0 Å². The highest BCUT2D eigenvalue weighted by Gasteiger charge is 2.44. The minimum atomic E-state index is -0.215. The van der Waals surface area contributed by atoms with Gasteiger partial charge in [-0.05, 0) is 49.2 Å². The molecule has 2 aromatic carbocycles. The fourth-order valence-corrected chi connectivity index (χ4v) is 4.72. The lowest BCUT2D eigenvalue weighted by Crippen LogP contribution is -2.46. The van der Waals surface area contributed by atoms with E-state index in [9.17, 15) is 4.79 Å². The molecule has 3 heterocycles. The minimum Gasteiger partial charge on any atom is -0.497 e. The van der Waals surface area contributed by atoms with Crippen molar-refractivity contribution in [2.24, 2.45) is 0 Å². The van der Waals surface area contributed by atoms with Gasteiger partial charge in [-0.2, -0.15) is 0 Å². The zero-order valence-corrected chi connectivity index (χ0v) is 19.3. The summed E-state index contributed by atoms with van der Waals surface area (Å²) in [4.78, 5) is 19.7. The third-order valence-corrected chi connectivity index (χ3v) is 6.55. The number of anilines is 2. The van der Waals surface area contributed by atoms with E-state index in [1.165, 1.54) is 0 Å². The molecule has 0 aliphatic carbocycles. The van der Waals surface area contributed by atoms with Gasteiger partial charge in [0, 0.05) is 37.5 Å². The van der Waals surface area contributed by atoms with Crippen LogP contribution >= 0.6 is 0 Å². The molecular weight excluding hydrogens is 430 g/mol. The number of ether oxygens (including phenoxy) is 3. The van der Waals surface area contributed by atoms with Gasteiger partial charge in [0.05, 0.1) is 24.9 Å². The van der Waals surface area contributed by atoms with Crippen LogP contribution < -0.4 is 14.8 Å². The Morgan fingerprint density at radius 2 is 1.85 bits per heavy atom. The van der Waals surface area contributed by atoms with Gasteiger partial charge in [0.15, 0.2) is 0 Å². The number of piperidine rings is 1. The average Bonchev–Trinajstić information content (AvgIpc) is 3.26. The Morgan fingerprint density at radius 1 is 1.06 bits per heavy atom. The van der Waals surface area contributed by atoms with Gasteiger partial charge >= 0.3 is 0 Å². The fraction of sp³-hybridized carbons (Fsp3) is 0.333. The Bertz CT molecular complexity index is 1130. The van der Waals surface area contributed by atoms with E-state index in [1.54, 1.807) is 19.4 Å². The second-order valence-corrected chi connectivity index (χ2v) is 8.80. The van der Waals surface area contributed by atoms with Crippen LogP contribution in [0.1, 0.15) is 29.6 Å². The molecule has 7 nitrogen and oxygen atoms in total. The quantitative estimate of drug-likeness (QED) is 0.577. The third-order valence-electron chi connectivity index (χ3n) is 6.55. The number of amides is 1. The van der Waals surface area contributed by atoms with Crippen molar-refractivity contribution < 1.29 is 19.0 Å². The smallest absolute Gasteiger partial charge is 0.257 e. The van der Waals surface area contributed by atoms with Crippen LogP contribution in [-0.4, -0.2) is 54.3 Å². The first-order valence-corrected chi connectivity index (χ1v) is 11.7. The summed E-state index contributed by atoms with van der Waals surface area (Å²) in [7, 11) is 1.63. The van der Waals surface area contributed by atoms with Crippen LogP contribution in [0.3, 0.4) is 0 Å². The summed E-state index contributed by atoms with van der Waals surface area (Å²) in [5, 5.41) is 3.26. The van der Waals surface area contributed by atoms with Crippen molar-refractivity contribution in [2.75, 3.05) is 32.1 Å². The van der Waals surface area contributed by atoms with E-state index in [0.717, 1.165) is 36.4 Å². The molecule has 5 rings (SSSR count). The lowest BCUT2D eigenvalue weighted by molar-refractivity contribution is -0.0395. The molecule has 1 amide bonds. The van der Waals surface area contributed by atoms with Crippen molar-refractivity contribution in [3.05, 3.63) is 78.5 Å². The summed E-state index contributed by atoms with van der Waals surface area (Å²) in [6.45, 7) is 1.87. The molecule has 0 bridgehead atoms. The Morgan fingerprint density at radius 3 is 2.65 bits per heavy atom. The van der Waals surface area contributed by atoms with E-state index in [2.05, 4.69) is 10.3 Å². The Hall–Kier alpha value is -3.58. The maximum atomic E-state index is 13.4. The molecule has 1 atom stereocenters. The Balaban J connectivity index is 1.22. The summed E-state index contributed by atoms with van der Waals surface area (Å²) < 4.78 is 17.6. The van der Waals surface area contributed by atoms with Crippen molar-refractivity contribution >= 4 is 17.4 Å². The summed E-state index contributed by atoms with van der Waals surface area (Å²) >= 11 is 0. The van der Waals surface area contributed by atoms with Crippen LogP contribution in [0, 0.1) is 0 Å². The molecule has 1 N–H and O–H groups in total. The number of carbonyl (C=O) groups excluding carboxylic acids is 1. The molecule has 2 fully saturated rings. The molecule has 1 aromatic heterocycles. The molecule has 2 saturated heterocycles. The van der Waals surface area contributed by atoms with E-state index < -0.39 is 0 Å². The molecule has 2 aliphatic heterocycles. The van der Waals surface area contributed by atoms with Gasteiger partial charge in [-0.25, -0.2) is 4.98 Å². The highest BCUT2D eigenvalue weighted by Crippen LogP contribution is 2.38. The Labute approximate surface area is 199 Å². The standard InChI is InChI=1S/C27H29N3O4/c1-32-22-10-5-7-20(17-22)29-25-24(11-6-14-28-25)26(31)30-15-12-27(13-16-30)18-23(19-33-27)34-21-8-3-2-4-9-21/h2-11,14,17,23H,12-13,15-16,18-19H2,1H3,(H,28,29)/t23-/m0/s1. The van der Waals surface area contributed by atoms with Gasteiger partial charge in [0.1, 0.15) is 23.4 Å².